The zero-order valence-corrected chi connectivity index (χ0v) is 13.6. The summed E-state index contributed by atoms with van der Waals surface area (Å²) in [6.07, 6.45) is 4.13. The number of aromatic nitrogens is 2. The first-order chi connectivity index (χ1) is 9.97. The van der Waals surface area contributed by atoms with Crippen molar-refractivity contribution in [3.63, 3.8) is 0 Å². The summed E-state index contributed by atoms with van der Waals surface area (Å²) in [5.74, 6) is 0.187. The highest BCUT2D eigenvalue weighted by Gasteiger charge is 2.21. The van der Waals surface area contributed by atoms with E-state index in [1.54, 1.807) is 4.90 Å². The smallest absolute Gasteiger partial charge is 0.236 e. The number of hydrogen-bond donors (Lipinski definition) is 1. The van der Waals surface area contributed by atoms with Crippen molar-refractivity contribution in [3.05, 3.63) is 17.5 Å². The third-order valence-electron chi connectivity index (χ3n) is 4.36. The van der Waals surface area contributed by atoms with Crippen LogP contribution in [0.2, 0.25) is 0 Å². The van der Waals surface area contributed by atoms with Crippen LogP contribution in [0.15, 0.2) is 6.20 Å². The van der Waals surface area contributed by atoms with Gasteiger partial charge in [0, 0.05) is 58.1 Å². The molecule has 6 nitrogen and oxygen atoms in total. The van der Waals surface area contributed by atoms with E-state index in [0.29, 0.717) is 12.6 Å². The Balaban J connectivity index is 1.72. The maximum absolute atomic E-state index is 11.7. The lowest BCUT2D eigenvalue weighted by Crippen LogP contribution is -2.45. The van der Waals surface area contributed by atoms with Crippen LogP contribution in [0.1, 0.15) is 24.1 Å². The van der Waals surface area contributed by atoms with Crippen LogP contribution in [-0.4, -0.2) is 65.3 Å². The number of nitrogens with one attached hydrogen (secondary N) is 1. The normalized spacial score (nSPS) is 17.1. The van der Waals surface area contributed by atoms with Crippen LogP contribution in [0.3, 0.4) is 0 Å². The van der Waals surface area contributed by atoms with Crippen molar-refractivity contribution in [1.82, 2.24) is 24.9 Å². The number of aryl methyl sites for hydroxylation is 1. The Morgan fingerprint density at radius 2 is 2.10 bits per heavy atom. The van der Waals surface area contributed by atoms with E-state index in [4.69, 9.17) is 0 Å². The molecule has 1 aliphatic rings. The molecule has 1 amide bonds. The predicted molar refractivity (Wildman–Crippen MR) is 82.9 cm³/mol. The van der Waals surface area contributed by atoms with Crippen LogP contribution < -0.4 is 5.32 Å². The number of hydrogen-bond acceptors (Lipinski definition) is 4. The van der Waals surface area contributed by atoms with Gasteiger partial charge >= 0.3 is 0 Å². The molecule has 1 fully saturated rings. The molecule has 6 heteroatoms. The maximum Gasteiger partial charge on any atom is 0.236 e. The minimum atomic E-state index is 0.187. The molecule has 1 aromatic rings. The number of carbonyl (C=O) groups is 1. The summed E-state index contributed by atoms with van der Waals surface area (Å²) in [6, 6.07) is 0.537. The van der Waals surface area contributed by atoms with Crippen molar-refractivity contribution >= 4 is 5.91 Å². The second-order valence-corrected chi connectivity index (χ2v) is 6.10. The third-order valence-corrected chi connectivity index (χ3v) is 4.36. The maximum atomic E-state index is 11.7. The molecule has 0 aliphatic carbocycles. The van der Waals surface area contributed by atoms with Crippen molar-refractivity contribution < 1.29 is 4.79 Å². The van der Waals surface area contributed by atoms with Crippen molar-refractivity contribution in [2.45, 2.75) is 32.4 Å². The van der Waals surface area contributed by atoms with Gasteiger partial charge in [-0.25, -0.2) is 0 Å². The lowest BCUT2D eigenvalue weighted by Gasteiger charge is -2.32. The van der Waals surface area contributed by atoms with Gasteiger partial charge in [-0.05, 0) is 19.8 Å². The first-order valence-electron chi connectivity index (χ1n) is 7.60. The Hall–Kier alpha value is -1.40. The van der Waals surface area contributed by atoms with E-state index in [0.717, 1.165) is 32.5 Å². The number of carbonyl (C=O) groups excluding carboxylic acids is 1. The topological polar surface area (TPSA) is 53.4 Å². The Labute approximate surface area is 127 Å². The van der Waals surface area contributed by atoms with Gasteiger partial charge in [0.15, 0.2) is 0 Å². The van der Waals surface area contributed by atoms with Crippen molar-refractivity contribution in [3.8, 4) is 0 Å². The summed E-state index contributed by atoms with van der Waals surface area (Å²) in [4.78, 5) is 15.6. The predicted octanol–water partition coefficient (Wildman–Crippen LogP) is 0.371. The highest BCUT2D eigenvalue weighted by molar-refractivity contribution is 5.77. The minimum Gasteiger partial charge on any atom is -0.348 e. The van der Waals surface area contributed by atoms with E-state index in [1.165, 1.54) is 11.3 Å². The number of piperidine rings is 1. The summed E-state index contributed by atoms with van der Waals surface area (Å²) >= 11 is 0. The fourth-order valence-corrected chi connectivity index (χ4v) is 2.60. The molecular weight excluding hydrogens is 266 g/mol. The average molecular weight is 293 g/mol. The van der Waals surface area contributed by atoms with Gasteiger partial charge in [-0.15, -0.1) is 0 Å². The van der Waals surface area contributed by atoms with Crippen molar-refractivity contribution in [2.24, 2.45) is 7.05 Å². The van der Waals surface area contributed by atoms with Crippen LogP contribution >= 0.6 is 0 Å². The Bertz CT molecular complexity index is 474. The van der Waals surface area contributed by atoms with E-state index in [-0.39, 0.29) is 5.91 Å². The number of nitrogens with zero attached hydrogens (tertiary/aromatic N) is 4. The second kappa shape index (κ2) is 7.04. The van der Waals surface area contributed by atoms with E-state index in [2.05, 4.69) is 22.2 Å². The van der Waals surface area contributed by atoms with E-state index in [9.17, 15) is 4.79 Å². The first kappa shape index (κ1) is 16.0. The highest BCUT2D eigenvalue weighted by Crippen LogP contribution is 2.12. The average Bonchev–Trinajstić information content (AvgIpc) is 2.78. The van der Waals surface area contributed by atoms with Crippen LogP contribution in [-0.2, 0) is 18.4 Å². The number of amides is 1. The highest BCUT2D eigenvalue weighted by atomic mass is 16.2. The summed E-state index contributed by atoms with van der Waals surface area (Å²) < 4.78 is 1.91. The molecule has 0 atom stereocenters. The summed E-state index contributed by atoms with van der Waals surface area (Å²) in [5.41, 5.74) is 2.49. The molecular formula is C15H27N5O. The lowest BCUT2D eigenvalue weighted by molar-refractivity contribution is -0.130. The number of rotatable bonds is 5. The standard InChI is InChI=1S/C15H27N5O/c1-12-13(10-17-19(12)4)9-16-14-5-7-20(8-6-14)11-15(21)18(2)3/h10,14,16H,5-9,11H2,1-4H3. The quantitative estimate of drug-likeness (QED) is 0.852. The van der Waals surface area contributed by atoms with Crippen molar-refractivity contribution in [1.29, 1.82) is 0 Å². The third kappa shape index (κ3) is 4.28. The summed E-state index contributed by atoms with van der Waals surface area (Å²) in [6.45, 7) is 5.49. The molecule has 118 valence electrons. The van der Waals surface area contributed by atoms with E-state index < -0.39 is 0 Å². The van der Waals surface area contributed by atoms with Gasteiger partial charge in [0.05, 0.1) is 12.7 Å². The molecule has 1 N–H and O–H groups in total. The second-order valence-electron chi connectivity index (χ2n) is 6.10. The Morgan fingerprint density at radius 1 is 1.43 bits per heavy atom. The SMILES string of the molecule is Cc1c(CNC2CCN(CC(=O)N(C)C)CC2)cnn1C. The van der Waals surface area contributed by atoms with E-state index >= 15 is 0 Å². The molecule has 1 aliphatic heterocycles. The molecule has 0 spiro atoms. The van der Waals surface area contributed by atoms with Gasteiger partial charge in [-0.3, -0.25) is 14.4 Å². The summed E-state index contributed by atoms with van der Waals surface area (Å²) in [5, 5.41) is 7.88. The minimum absolute atomic E-state index is 0.187. The molecule has 0 unspecified atom stereocenters. The van der Waals surface area contributed by atoms with Crippen LogP contribution in [0.25, 0.3) is 0 Å². The first-order valence-corrected chi connectivity index (χ1v) is 7.60. The van der Waals surface area contributed by atoms with Gasteiger partial charge in [-0.2, -0.15) is 5.10 Å². The van der Waals surface area contributed by atoms with Crippen LogP contribution in [0, 0.1) is 6.92 Å². The zero-order chi connectivity index (χ0) is 15.4. The number of likely N-dealkylation sites (tertiary alicyclic amines) is 1. The molecule has 1 aromatic heterocycles. The van der Waals surface area contributed by atoms with Gasteiger partial charge in [0.1, 0.15) is 0 Å². The van der Waals surface area contributed by atoms with Crippen molar-refractivity contribution in [2.75, 3.05) is 33.7 Å². The molecule has 21 heavy (non-hydrogen) atoms. The Morgan fingerprint density at radius 3 is 2.62 bits per heavy atom. The largest absolute Gasteiger partial charge is 0.348 e. The van der Waals surface area contributed by atoms with Gasteiger partial charge in [0.2, 0.25) is 5.91 Å². The molecule has 0 saturated carbocycles. The lowest BCUT2D eigenvalue weighted by atomic mass is 10.0. The van der Waals surface area contributed by atoms with E-state index in [1.807, 2.05) is 32.0 Å². The molecule has 2 heterocycles. The zero-order valence-electron chi connectivity index (χ0n) is 13.6. The van der Waals surface area contributed by atoms with Gasteiger partial charge in [-0.1, -0.05) is 0 Å². The van der Waals surface area contributed by atoms with Crippen LogP contribution in [0.4, 0.5) is 0 Å². The molecule has 0 radical (unpaired) electrons. The Kier molecular flexibility index (Phi) is 5.36. The monoisotopic (exact) mass is 293 g/mol. The molecule has 0 aromatic carbocycles. The van der Waals surface area contributed by atoms with Crippen LogP contribution in [0.5, 0.6) is 0 Å². The summed E-state index contributed by atoms with van der Waals surface area (Å²) in [7, 11) is 5.60. The molecule has 0 bridgehead atoms. The molecule has 2 rings (SSSR count). The van der Waals surface area contributed by atoms with Gasteiger partial charge < -0.3 is 10.2 Å². The molecule has 1 saturated heterocycles. The van der Waals surface area contributed by atoms with Gasteiger partial charge in [0.25, 0.3) is 0 Å². The fourth-order valence-electron chi connectivity index (χ4n) is 2.60. The fraction of sp³-hybridized carbons (Fsp3) is 0.733. The number of likely N-dealkylation sites (N-methyl/N-ethyl adjacent to an activating group) is 1.